The van der Waals surface area contributed by atoms with E-state index >= 15 is 0 Å². The van der Waals surface area contributed by atoms with E-state index in [-0.39, 0.29) is 23.0 Å². The standard InChI is InChI=1S/C21H20F6N2O4S/c22-20(23,24)19(31,21(25,26)27)14-7-9-15(10-8-14)28-18(30)12-13-3-1-6-17(11-13)34(32,33)29-16-4-2-5-16/h1,3,6-11,16,29,31H,2,4-5,12H2,(H,28,30). The van der Waals surface area contributed by atoms with Crippen molar-refractivity contribution in [2.24, 2.45) is 0 Å². The summed E-state index contributed by atoms with van der Waals surface area (Å²) in [6, 6.07) is 7.89. The molecule has 1 fully saturated rings. The molecule has 0 unspecified atom stereocenters. The zero-order chi connectivity index (χ0) is 25.4. The summed E-state index contributed by atoms with van der Waals surface area (Å²) in [5, 5.41) is 11.7. The van der Waals surface area contributed by atoms with Crippen LogP contribution in [0.5, 0.6) is 0 Å². The van der Waals surface area contributed by atoms with Gasteiger partial charge >= 0.3 is 12.4 Å². The molecule has 1 saturated carbocycles. The summed E-state index contributed by atoms with van der Waals surface area (Å²) in [6.07, 6.45) is -9.93. The third-order valence-corrected chi connectivity index (χ3v) is 6.93. The predicted molar refractivity (Wildman–Crippen MR) is 109 cm³/mol. The van der Waals surface area contributed by atoms with Crippen molar-refractivity contribution in [3.8, 4) is 0 Å². The van der Waals surface area contributed by atoms with E-state index in [1.165, 1.54) is 24.3 Å². The fraction of sp³-hybridized carbons (Fsp3) is 0.381. The number of hydrogen-bond donors (Lipinski definition) is 3. The molecule has 6 nitrogen and oxygen atoms in total. The summed E-state index contributed by atoms with van der Waals surface area (Å²) in [6.45, 7) is 0. The minimum atomic E-state index is -6.02. The van der Waals surface area contributed by atoms with Crippen LogP contribution in [0.3, 0.4) is 0 Å². The molecule has 3 rings (SSSR count). The molecule has 3 N–H and O–H groups in total. The molecule has 1 aliphatic carbocycles. The van der Waals surface area contributed by atoms with E-state index in [9.17, 15) is 44.7 Å². The van der Waals surface area contributed by atoms with Crippen LogP contribution >= 0.6 is 0 Å². The fourth-order valence-corrected chi connectivity index (χ4v) is 4.68. The maximum atomic E-state index is 13.0. The Labute approximate surface area is 191 Å². The third-order valence-electron chi connectivity index (χ3n) is 5.41. The molecule has 0 spiro atoms. The Bertz CT molecular complexity index is 1130. The minimum Gasteiger partial charge on any atom is -0.369 e. The van der Waals surface area contributed by atoms with Crippen LogP contribution in [0.2, 0.25) is 0 Å². The second-order valence-electron chi connectivity index (χ2n) is 7.90. The normalized spacial score (nSPS) is 15.6. The van der Waals surface area contributed by atoms with Crippen molar-refractivity contribution in [1.29, 1.82) is 0 Å². The quantitative estimate of drug-likeness (QED) is 0.491. The largest absolute Gasteiger partial charge is 0.430 e. The maximum Gasteiger partial charge on any atom is 0.430 e. The number of rotatable bonds is 7. The zero-order valence-corrected chi connectivity index (χ0v) is 18.2. The Morgan fingerprint density at radius 3 is 2.06 bits per heavy atom. The topological polar surface area (TPSA) is 95.5 Å². The first kappa shape index (κ1) is 26.0. The van der Waals surface area contributed by atoms with Gasteiger partial charge in [-0.3, -0.25) is 4.79 Å². The average Bonchev–Trinajstić information content (AvgIpc) is 2.69. The van der Waals surface area contributed by atoms with Crippen molar-refractivity contribution in [3.05, 3.63) is 59.7 Å². The Morgan fingerprint density at radius 1 is 0.971 bits per heavy atom. The smallest absolute Gasteiger partial charge is 0.369 e. The number of benzene rings is 2. The first-order valence-corrected chi connectivity index (χ1v) is 11.5. The summed E-state index contributed by atoms with van der Waals surface area (Å²) in [5.41, 5.74) is -6.31. The minimum absolute atomic E-state index is 0.0346. The number of alkyl halides is 6. The van der Waals surface area contributed by atoms with Gasteiger partial charge in [-0.15, -0.1) is 0 Å². The number of sulfonamides is 1. The Kier molecular flexibility index (Phi) is 7.02. The number of carbonyl (C=O) groups is 1. The van der Waals surface area contributed by atoms with Crippen LogP contribution in [-0.4, -0.2) is 37.8 Å². The summed E-state index contributed by atoms with van der Waals surface area (Å²) in [7, 11) is -3.77. The highest BCUT2D eigenvalue weighted by Crippen LogP contribution is 2.50. The Morgan fingerprint density at radius 2 is 1.56 bits per heavy atom. The molecule has 0 aromatic heterocycles. The van der Waals surface area contributed by atoms with Crippen molar-refractivity contribution in [3.63, 3.8) is 0 Å². The molecule has 2 aromatic carbocycles. The highest BCUT2D eigenvalue weighted by molar-refractivity contribution is 7.89. The molecule has 34 heavy (non-hydrogen) atoms. The van der Waals surface area contributed by atoms with Crippen LogP contribution in [0.25, 0.3) is 0 Å². The van der Waals surface area contributed by atoms with E-state index < -0.39 is 39.4 Å². The van der Waals surface area contributed by atoms with Crippen molar-refractivity contribution < 1.29 is 44.7 Å². The lowest BCUT2D eigenvalue weighted by Gasteiger charge is -2.32. The number of hydrogen-bond acceptors (Lipinski definition) is 4. The number of halogens is 6. The van der Waals surface area contributed by atoms with Gasteiger partial charge in [0.2, 0.25) is 15.9 Å². The molecule has 13 heteroatoms. The average molecular weight is 510 g/mol. The van der Waals surface area contributed by atoms with Gasteiger partial charge in [-0.05, 0) is 42.7 Å². The van der Waals surface area contributed by atoms with E-state index in [0.717, 1.165) is 31.4 Å². The predicted octanol–water partition coefficient (Wildman–Crippen LogP) is 4.01. The molecule has 1 amide bonds. The Balaban J connectivity index is 1.70. The molecule has 0 atom stereocenters. The second-order valence-corrected chi connectivity index (χ2v) is 9.62. The van der Waals surface area contributed by atoms with E-state index in [1.54, 1.807) is 0 Å². The molecule has 1 aliphatic rings. The van der Waals surface area contributed by atoms with E-state index in [1.807, 2.05) is 0 Å². The van der Waals surface area contributed by atoms with E-state index in [4.69, 9.17) is 0 Å². The zero-order valence-electron chi connectivity index (χ0n) is 17.4. The molecule has 0 saturated heterocycles. The maximum absolute atomic E-state index is 13.0. The van der Waals surface area contributed by atoms with Crippen LogP contribution < -0.4 is 10.0 Å². The summed E-state index contributed by atoms with van der Waals surface area (Å²) in [5.74, 6) is -0.684. The lowest BCUT2D eigenvalue weighted by atomic mass is 9.92. The number of amides is 1. The van der Waals surface area contributed by atoms with Crippen molar-refractivity contribution in [2.75, 3.05) is 5.32 Å². The highest BCUT2D eigenvalue weighted by Gasteiger charge is 2.71. The molecular weight excluding hydrogens is 490 g/mol. The van der Waals surface area contributed by atoms with E-state index in [2.05, 4.69) is 10.0 Å². The molecule has 2 aromatic rings. The van der Waals surface area contributed by atoms with Gasteiger partial charge in [-0.25, -0.2) is 13.1 Å². The van der Waals surface area contributed by atoms with Crippen LogP contribution in [0.4, 0.5) is 32.0 Å². The number of carbonyl (C=O) groups excluding carboxylic acids is 1. The van der Waals surface area contributed by atoms with Crippen LogP contribution in [0, 0.1) is 0 Å². The molecular formula is C21H20F6N2O4S. The van der Waals surface area contributed by atoms with E-state index in [0.29, 0.717) is 17.7 Å². The summed E-state index contributed by atoms with van der Waals surface area (Å²) in [4.78, 5) is 12.3. The van der Waals surface area contributed by atoms with Crippen LogP contribution in [-0.2, 0) is 26.8 Å². The first-order chi connectivity index (χ1) is 15.6. The van der Waals surface area contributed by atoms with Crippen molar-refractivity contribution in [1.82, 2.24) is 4.72 Å². The third kappa shape index (κ3) is 5.36. The van der Waals surface area contributed by atoms with Gasteiger partial charge in [0, 0.05) is 17.3 Å². The second kappa shape index (κ2) is 9.19. The van der Waals surface area contributed by atoms with Gasteiger partial charge in [0.15, 0.2) is 0 Å². The van der Waals surface area contributed by atoms with Gasteiger partial charge in [0.1, 0.15) is 0 Å². The van der Waals surface area contributed by atoms with Crippen LogP contribution in [0.15, 0.2) is 53.4 Å². The van der Waals surface area contributed by atoms with Crippen molar-refractivity contribution >= 4 is 21.6 Å². The van der Waals surface area contributed by atoms with Gasteiger partial charge < -0.3 is 10.4 Å². The lowest BCUT2D eigenvalue weighted by Crippen LogP contribution is -2.53. The van der Waals surface area contributed by atoms with Gasteiger partial charge in [-0.2, -0.15) is 26.3 Å². The monoisotopic (exact) mass is 510 g/mol. The van der Waals surface area contributed by atoms with Gasteiger partial charge in [0.25, 0.3) is 5.60 Å². The highest BCUT2D eigenvalue weighted by atomic mass is 32.2. The Hall–Kier alpha value is -2.64. The number of nitrogens with one attached hydrogen (secondary N) is 2. The molecule has 0 aliphatic heterocycles. The van der Waals surface area contributed by atoms with Gasteiger partial charge in [-0.1, -0.05) is 30.7 Å². The van der Waals surface area contributed by atoms with Crippen LogP contribution in [0.1, 0.15) is 30.4 Å². The van der Waals surface area contributed by atoms with Crippen molar-refractivity contribution in [2.45, 2.75) is 54.6 Å². The summed E-state index contributed by atoms with van der Waals surface area (Å²) < 4.78 is 105. The molecule has 0 radical (unpaired) electrons. The SMILES string of the molecule is O=C(Cc1cccc(S(=O)(=O)NC2CCC2)c1)Nc1ccc(C(O)(C(F)(F)F)C(F)(F)F)cc1. The number of aliphatic hydroxyl groups is 1. The van der Waals surface area contributed by atoms with Gasteiger partial charge in [0.05, 0.1) is 11.3 Å². The number of anilines is 1. The fourth-order valence-electron chi connectivity index (χ4n) is 3.31. The molecule has 186 valence electrons. The lowest BCUT2D eigenvalue weighted by molar-refractivity contribution is -0.376. The molecule has 0 heterocycles. The molecule has 0 bridgehead atoms. The summed E-state index contributed by atoms with van der Waals surface area (Å²) >= 11 is 0. The first-order valence-electron chi connectivity index (χ1n) is 10.0.